The Morgan fingerprint density at radius 3 is 0.671 bits per heavy atom. The van der Waals surface area contributed by atoms with Crippen LogP contribution < -0.4 is 0 Å². The van der Waals surface area contributed by atoms with E-state index < -0.39 is 6.10 Å². The average molecular weight is 1110 g/mol. The Kier molecular flexibility index (Phi) is 66.6. The molecule has 0 aliphatic heterocycles. The van der Waals surface area contributed by atoms with Gasteiger partial charge < -0.3 is 14.2 Å². The summed E-state index contributed by atoms with van der Waals surface area (Å²) in [5, 5.41) is 0. The van der Waals surface area contributed by atoms with Gasteiger partial charge in [0.25, 0.3) is 0 Å². The molecular formula is C73H138O6. The first-order chi connectivity index (χ1) is 39.0. The molecule has 0 aromatic rings. The molecule has 6 heteroatoms. The van der Waals surface area contributed by atoms with Crippen LogP contribution in [0.3, 0.4) is 0 Å². The van der Waals surface area contributed by atoms with Gasteiger partial charge in [-0.25, -0.2) is 0 Å². The lowest BCUT2D eigenvalue weighted by Crippen LogP contribution is -2.30. The standard InChI is InChI=1S/C73H138O6/c1-4-7-10-13-16-19-22-24-26-28-29-30-31-32-33-34-35-36-37-38-39-40-41-42-43-45-46-48-51-54-57-60-63-66-72(75)78-69-70(68-77-71(74)65-62-59-56-53-50-21-18-15-12-9-6-3)79-73(76)67-64-61-58-55-52-49-47-44-27-25-23-20-17-14-11-8-5-2/h15,18,28-29,70H,4-14,16-17,19-27,30-69H2,1-3H3/b18-15-,29-28-. The van der Waals surface area contributed by atoms with Gasteiger partial charge in [-0.15, -0.1) is 0 Å². The van der Waals surface area contributed by atoms with Crippen molar-refractivity contribution in [3.8, 4) is 0 Å². The van der Waals surface area contributed by atoms with E-state index in [4.69, 9.17) is 14.2 Å². The third-order valence-electron chi connectivity index (χ3n) is 16.4. The first kappa shape index (κ1) is 76.9. The minimum atomic E-state index is -0.770. The molecule has 0 spiro atoms. The fourth-order valence-electron chi connectivity index (χ4n) is 11.0. The van der Waals surface area contributed by atoms with Crippen LogP contribution in [-0.4, -0.2) is 37.2 Å². The summed E-state index contributed by atoms with van der Waals surface area (Å²) in [5.41, 5.74) is 0. The van der Waals surface area contributed by atoms with Crippen LogP contribution in [0.1, 0.15) is 406 Å². The van der Waals surface area contributed by atoms with Gasteiger partial charge in [0.05, 0.1) is 0 Å². The van der Waals surface area contributed by atoms with Gasteiger partial charge in [0.2, 0.25) is 0 Å². The van der Waals surface area contributed by atoms with Gasteiger partial charge in [-0.2, -0.15) is 0 Å². The highest BCUT2D eigenvalue weighted by molar-refractivity contribution is 5.71. The van der Waals surface area contributed by atoms with Gasteiger partial charge in [0.15, 0.2) is 6.10 Å². The van der Waals surface area contributed by atoms with Crippen LogP contribution in [0.2, 0.25) is 0 Å². The first-order valence-corrected chi connectivity index (χ1v) is 35.8. The lowest BCUT2D eigenvalue weighted by molar-refractivity contribution is -0.167. The maximum absolute atomic E-state index is 12.9. The minimum Gasteiger partial charge on any atom is -0.462 e. The Labute approximate surface area is 493 Å². The van der Waals surface area contributed by atoms with Gasteiger partial charge in [-0.05, 0) is 64.2 Å². The maximum Gasteiger partial charge on any atom is 0.306 e. The monoisotopic (exact) mass is 1110 g/mol. The molecule has 0 rings (SSSR count). The van der Waals surface area contributed by atoms with Gasteiger partial charge in [-0.1, -0.05) is 347 Å². The number of carbonyl (C=O) groups excluding carboxylic acids is 3. The molecule has 466 valence electrons. The molecule has 0 amide bonds. The summed E-state index contributed by atoms with van der Waals surface area (Å²) in [6, 6.07) is 0. The number of hydrogen-bond donors (Lipinski definition) is 0. The van der Waals surface area contributed by atoms with Crippen molar-refractivity contribution in [1.29, 1.82) is 0 Å². The highest BCUT2D eigenvalue weighted by Gasteiger charge is 2.19. The lowest BCUT2D eigenvalue weighted by Gasteiger charge is -2.18. The molecule has 1 unspecified atom stereocenters. The predicted octanol–water partition coefficient (Wildman–Crippen LogP) is 24.6. The van der Waals surface area contributed by atoms with Crippen LogP contribution in [0.15, 0.2) is 24.3 Å². The SMILES string of the molecule is CCCC/C=C\CCCCCCCC(=O)OCC(COC(=O)CCCCCCCCCCCCCCCCCCCCCCC/C=C\CCCCCCCCCC)OC(=O)CCCCCCCCCCCCCCCCCCC. The third kappa shape index (κ3) is 66.6. The van der Waals surface area contributed by atoms with Gasteiger partial charge >= 0.3 is 17.9 Å². The fraction of sp³-hybridized carbons (Fsp3) is 0.904. The number of unbranched alkanes of at least 4 members (excludes halogenated alkanes) is 52. The molecule has 0 fully saturated rings. The fourth-order valence-corrected chi connectivity index (χ4v) is 11.0. The quantitative estimate of drug-likeness (QED) is 0.0261. The Morgan fingerprint density at radius 1 is 0.241 bits per heavy atom. The largest absolute Gasteiger partial charge is 0.462 e. The summed E-state index contributed by atoms with van der Waals surface area (Å²) in [7, 11) is 0. The van der Waals surface area contributed by atoms with Crippen molar-refractivity contribution in [3.63, 3.8) is 0 Å². The van der Waals surface area contributed by atoms with Crippen LogP contribution in [-0.2, 0) is 28.6 Å². The molecule has 0 aromatic carbocycles. The maximum atomic E-state index is 12.9. The second kappa shape index (κ2) is 68.4. The van der Waals surface area contributed by atoms with E-state index in [1.54, 1.807) is 0 Å². The van der Waals surface area contributed by atoms with E-state index in [0.717, 1.165) is 64.2 Å². The average Bonchev–Trinajstić information content (AvgIpc) is 3.45. The molecule has 0 saturated carbocycles. The molecule has 0 radical (unpaired) electrons. The topological polar surface area (TPSA) is 78.9 Å². The summed E-state index contributed by atoms with van der Waals surface area (Å²) in [6.45, 7) is 6.67. The van der Waals surface area contributed by atoms with Crippen LogP contribution in [0.4, 0.5) is 0 Å². The van der Waals surface area contributed by atoms with Crippen molar-refractivity contribution in [2.24, 2.45) is 0 Å². The number of ether oxygens (including phenoxy) is 3. The van der Waals surface area contributed by atoms with Crippen LogP contribution in [0.25, 0.3) is 0 Å². The summed E-state index contributed by atoms with van der Waals surface area (Å²) in [4.78, 5) is 38.3. The van der Waals surface area contributed by atoms with E-state index in [2.05, 4.69) is 45.1 Å². The zero-order chi connectivity index (χ0) is 57.1. The Hall–Kier alpha value is -2.11. The summed E-state index contributed by atoms with van der Waals surface area (Å²) < 4.78 is 16.9. The van der Waals surface area contributed by atoms with E-state index >= 15 is 0 Å². The molecule has 79 heavy (non-hydrogen) atoms. The third-order valence-corrected chi connectivity index (χ3v) is 16.4. The van der Waals surface area contributed by atoms with E-state index in [9.17, 15) is 14.4 Å². The first-order valence-electron chi connectivity index (χ1n) is 35.8. The van der Waals surface area contributed by atoms with Gasteiger partial charge in [0, 0.05) is 19.3 Å². The number of allylic oxidation sites excluding steroid dienone is 4. The van der Waals surface area contributed by atoms with E-state index in [1.165, 1.54) is 302 Å². The Bertz CT molecular complexity index is 1270. The van der Waals surface area contributed by atoms with E-state index in [1.807, 2.05) is 0 Å². The molecule has 0 aliphatic carbocycles. The molecule has 0 aromatic heterocycles. The molecular weight excluding hydrogens is 973 g/mol. The van der Waals surface area contributed by atoms with Crippen LogP contribution >= 0.6 is 0 Å². The number of rotatable bonds is 67. The van der Waals surface area contributed by atoms with Crippen molar-refractivity contribution in [2.75, 3.05) is 13.2 Å². The molecule has 0 saturated heterocycles. The molecule has 6 nitrogen and oxygen atoms in total. The zero-order valence-corrected chi connectivity index (χ0v) is 53.7. The van der Waals surface area contributed by atoms with Crippen LogP contribution in [0.5, 0.6) is 0 Å². The van der Waals surface area contributed by atoms with Crippen molar-refractivity contribution in [2.45, 2.75) is 412 Å². The second-order valence-electron chi connectivity index (χ2n) is 24.5. The summed E-state index contributed by atoms with van der Waals surface area (Å²) >= 11 is 0. The summed E-state index contributed by atoms with van der Waals surface area (Å²) in [6.07, 6.45) is 83.8. The Morgan fingerprint density at radius 2 is 0.430 bits per heavy atom. The van der Waals surface area contributed by atoms with Crippen molar-refractivity contribution < 1.29 is 28.6 Å². The van der Waals surface area contributed by atoms with Crippen LogP contribution in [0, 0.1) is 0 Å². The van der Waals surface area contributed by atoms with Gasteiger partial charge in [-0.3, -0.25) is 14.4 Å². The molecule has 1 atom stereocenters. The van der Waals surface area contributed by atoms with E-state index in [-0.39, 0.29) is 31.1 Å². The predicted molar refractivity (Wildman–Crippen MR) is 344 cm³/mol. The molecule has 0 heterocycles. The lowest BCUT2D eigenvalue weighted by atomic mass is 10.0. The molecule has 0 N–H and O–H groups in total. The molecule has 0 bridgehead atoms. The zero-order valence-electron chi connectivity index (χ0n) is 53.7. The Balaban J connectivity index is 4.04. The van der Waals surface area contributed by atoms with E-state index in [0.29, 0.717) is 19.3 Å². The normalized spacial score (nSPS) is 12.1. The highest BCUT2D eigenvalue weighted by Crippen LogP contribution is 2.19. The number of carbonyl (C=O) groups is 3. The highest BCUT2D eigenvalue weighted by atomic mass is 16.6. The van der Waals surface area contributed by atoms with Crippen molar-refractivity contribution >= 4 is 17.9 Å². The molecule has 0 aliphatic rings. The minimum absolute atomic E-state index is 0.0674. The van der Waals surface area contributed by atoms with Gasteiger partial charge in [0.1, 0.15) is 13.2 Å². The summed E-state index contributed by atoms with van der Waals surface area (Å²) in [5.74, 6) is -0.848. The van der Waals surface area contributed by atoms with Crippen molar-refractivity contribution in [3.05, 3.63) is 24.3 Å². The number of hydrogen-bond acceptors (Lipinski definition) is 6. The van der Waals surface area contributed by atoms with Crippen molar-refractivity contribution in [1.82, 2.24) is 0 Å². The number of esters is 3. The smallest absolute Gasteiger partial charge is 0.306 e. The second-order valence-corrected chi connectivity index (χ2v) is 24.5.